The summed E-state index contributed by atoms with van der Waals surface area (Å²) in [5, 5.41) is 3.05. The summed E-state index contributed by atoms with van der Waals surface area (Å²) in [5.41, 5.74) is 5.89. The summed E-state index contributed by atoms with van der Waals surface area (Å²) in [7, 11) is 0. The van der Waals surface area contributed by atoms with E-state index in [2.05, 4.69) is 10.3 Å². The third-order valence-electron chi connectivity index (χ3n) is 3.18. The highest BCUT2D eigenvalue weighted by molar-refractivity contribution is 6.33. The Kier molecular flexibility index (Phi) is 4.99. The molecule has 1 aromatic rings. The van der Waals surface area contributed by atoms with E-state index >= 15 is 0 Å². The molecule has 19 heavy (non-hydrogen) atoms. The molecule has 1 saturated carbocycles. The molecule has 0 bridgehead atoms. The maximum Gasteiger partial charge on any atom is 0.252 e. The van der Waals surface area contributed by atoms with Crippen LogP contribution in [0.15, 0.2) is 12.3 Å². The highest BCUT2D eigenvalue weighted by Crippen LogP contribution is 2.20. The number of hydrogen-bond acceptors (Lipinski definition) is 4. The number of pyridine rings is 1. The van der Waals surface area contributed by atoms with Gasteiger partial charge in [-0.2, -0.15) is 0 Å². The fourth-order valence-corrected chi connectivity index (χ4v) is 2.29. The largest absolute Gasteiger partial charge is 0.382 e. The van der Waals surface area contributed by atoms with Crippen molar-refractivity contribution >= 4 is 23.3 Å². The van der Waals surface area contributed by atoms with Crippen LogP contribution in [0.25, 0.3) is 0 Å². The van der Waals surface area contributed by atoms with Gasteiger partial charge in [-0.3, -0.25) is 4.79 Å². The van der Waals surface area contributed by atoms with Crippen molar-refractivity contribution in [2.45, 2.75) is 31.8 Å². The van der Waals surface area contributed by atoms with Gasteiger partial charge in [0.1, 0.15) is 5.82 Å². The molecule has 2 rings (SSSR count). The topological polar surface area (TPSA) is 77.2 Å². The Bertz CT molecular complexity index is 448. The lowest BCUT2D eigenvalue weighted by Crippen LogP contribution is -2.28. The summed E-state index contributed by atoms with van der Waals surface area (Å²) in [6, 6.07) is 1.51. The van der Waals surface area contributed by atoms with Crippen LogP contribution in [0.2, 0.25) is 5.02 Å². The number of carbonyl (C=O) groups excluding carboxylic acids is 1. The highest BCUT2D eigenvalue weighted by atomic mass is 35.5. The monoisotopic (exact) mass is 283 g/mol. The average Bonchev–Trinajstić information content (AvgIpc) is 2.91. The summed E-state index contributed by atoms with van der Waals surface area (Å²) in [6.45, 7) is 1.02. The number of amides is 1. The zero-order valence-corrected chi connectivity index (χ0v) is 11.4. The number of carbonyl (C=O) groups is 1. The predicted octanol–water partition coefficient (Wildman–Crippen LogP) is 2.01. The first-order valence-electron chi connectivity index (χ1n) is 6.47. The van der Waals surface area contributed by atoms with E-state index in [0.717, 1.165) is 12.8 Å². The molecular formula is C13H18ClN3O2. The van der Waals surface area contributed by atoms with Gasteiger partial charge in [0.2, 0.25) is 0 Å². The van der Waals surface area contributed by atoms with Gasteiger partial charge in [-0.15, -0.1) is 0 Å². The molecule has 1 aliphatic carbocycles. The van der Waals surface area contributed by atoms with Gasteiger partial charge in [-0.25, -0.2) is 4.98 Å². The number of ether oxygens (including phenoxy) is 1. The van der Waals surface area contributed by atoms with E-state index in [9.17, 15) is 4.79 Å². The van der Waals surface area contributed by atoms with Crippen LogP contribution in [0, 0.1) is 0 Å². The molecule has 1 aromatic heterocycles. The molecule has 104 valence electrons. The van der Waals surface area contributed by atoms with Gasteiger partial charge in [0, 0.05) is 12.7 Å². The summed E-state index contributed by atoms with van der Waals surface area (Å²) in [4.78, 5) is 15.6. The van der Waals surface area contributed by atoms with Crippen LogP contribution in [0.5, 0.6) is 0 Å². The number of hydrogen-bond donors (Lipinski definition) is 2. The standard InChI is InChI=1S/C13H18ClN3O2/c14-11-7-9(8-17-12(11)15)13(18)16-5-6-19-10-3-1-2-4-10/h7-8,10H,1-6H2,(H2,15,17)(H,16,18). The second-order valence-corrected chi connectivity index (χ2v) is 5.03. The Balaban J connectivity index is 1.72. The summed E-state index contributed by atoms with van der Waals surface area (Å²) < 4.78 is 5.66. The fourth-order valence-electron chi connectivity index (χ4n) is 2.12. The Hall–Kier alpha value is -1.33. The summed E-state index contributed by atoms with van der Waals surface area (Å²) >= 11 is 5.81. The van der Waals surface area contributed by atoms with Crippen LogP contribution < -0.4 is 11.1 Å². The van der Waals surface area contributed by atoms with E-state index < -0.39 is 0 Å². The van der Waals surface area contributed by atoms with Gasteiger partial charge in [0.15, 0.2) is 0 Å². The molecule has 0 atom stereocenters. The first-order valence-corrected chi connectivity index (χ1v) is 6.85. The number of nitrogens with one attached hydrogen (secondary N) is 1. The van der Waals surface area contributed by atoms with E-state index in [-0.39, 0.29) is 16.7 Å². The first kappa shape index (κ1) is 14.1. The van der Waals surface area contributed by atoms with Gasteiger partial charge in [-0.1, -0.05) is 24.4 Å². The third-order valence-corrected chi connectivity index (χ3v) is 3.48. The molecule has 1 amide bonds. The van der Waals surface area contributed by atoms with Gasteiger partial charge >= 0.3 is 0 Å². The van der Waals surface area contributed by atoms with Crippen molar-refractivity contribution in [2.75, 3.05) is 18.9 Å². The van der Waals surface area contributed by atoms with Crippen molar-refractivity contribution in [1.29, 1.82) is 0 Å². The number of anilines is 1. The Labute approximate surface area is 117 Å². The quantitative estimate of drug-likeness (QED) is 0.811. The first-order chi connectivity index (χ1) is 9.16. The number of nitrogens with two attached hydrogens (primary N) is 1. The van der Waals surface area contributed by atoms with E-state index in [1.165, 1.54) is 25.1 Å². The van der Waals surface area contributed by atoms with Gasteiger partial charge in [0.05, 0.1) is 23.3 Å². The van der Waals surface area contributed by atoms with Crippen molar-refractivity contribution < 1.29 is 9.53 Å². The van der Waals surface area contributed by atoms with E-state index in [4.69, 9.17) is 22.1 Å². The van der Waals surface area contributed by atoms with Gasteiger partial charge in [-0.05, 0) is 18.9 Å². The molecule has 0 aliphatic heterocycles. The fraction of sp³-hybridized carbons (Fsp3) is 0.538. The predicted molar refractivity (Wildman–Crippen MR) is 74.2 cm³/mol. The summed E-state index contributed by atoms with van der Waals surface area (Å²) in [5.74, 6) is 0.00667. The zero-order chi connectivity index (χ0) is 13.7. The molecule has 1 aliphatic rings. The van der Waals surface area contributed by atoms with Crippen molar-refractivity contribution in [2.24, 2.45) is 0 Å². The lowest BCUT2D eigenvalue weighted by Gasteiger charge is -2.11. The Morgan fingerprint density at radius 3 is 2.95 bits per heavy atom. The molecule has 1 heterocycles. The lowest BCUT2D eigenvalue weighted by atomic mass is 10.2. The van der Waals surface area contributed by atoms with Crippen LogP contribution in [-0.4, -0.2) is 30.1 Å². The van der Waals surface area contributed by atoms with E-state index in [1.54, 1.807) is 0 Å². The van der Waals surface area contributed by atoms with Crippen molar-refractivity contribution in [3.8, 4) is 0 Å². The Morgan fingerprint density at radius 2 is 2.26 bits per heavy atom. The maximum atomic E-state index is 11.8. The minimum absolute atomic E-state index is 0.218. The SMILES string of the molecule is Nc1ncc(C(=O)NCCOC2CCCC2)cc1Cl. The van der Waals surface area contributed by atoms with Crippen LogP contribution in [0.1, 0.15) is 36.0 Å². The molecule has 0 spiro atoms. The minimum atomic E-state index is -0.218. The number of nitrogen functional groups attached to an aromatic ring is 1. The maximum absolute atomic E-state index is 11.8. The summed E-state index contributed by atoms with van der Waals surface area (Å²) in [6.07, 6.45) is 6.52. The third kappa shape index (κ3) is 4.08. The van der Waals surface area contributed by atoms with Gasteiger partial charge < -0.3 is 15.8 Å². The van der Waals surface area contributed by atoms with Crippen LogP contribution >= 0.6 is 11.6 Å². The van der Waals surface area contributed by atoms with Crippen LogP contribution in [-0.2, 0) is 4.74 Å². The van der Waals surface area contributed by atoms with Crippen LogP contribution in [0.4, 0.5) is 5.82 Å². The molecule has 0 unspecified atom stereocenters. The van der Waals surface area contributed by atoms with E-state index in [1.807, 2.05) is 0 Å². The Morgan fingerprint density at radius 1 is 1.53 bits per heavy atom. The number of aromatic nitrogens is 1. The molecule has 0 radical (unpaired) electrons. The van der Waals surface area contributed by atoms with E-state index in [0.29, 0.717) is 24.8 Å². The van der Waals surface area contributed by atoms with Crippen LogP contribution in [0.3, 0.4) is 0 Å². The molecule has 5 nitrogen and oxygen atoms in total. The highest BCUT2D eigenvalue weighted by Gasteiger charge is 2.15. The molecule has 1 fully saturated rings. The van der Waals surface area contributed by atoms with Crippen molar-refractivity contribution in [1.82, 2.24) is 10.3 Å². The molecule has 0 saturated heterocycles. The number of nitrogens with zero attached hydrogens (tertiary/aromatic N) is 1. The molecule has 3 N–H and O–H groups in total. The average molecular weight is 284 g/mol. The smallest absolute Gasteiger partial charge is 0.252 e. The van der Waals surface area contributed by atoms with Gasteiger partial charge in [0.25, 0.3) is 5.91 Å². The second-order valence-electron chi connectivity index (χ2n) is 4.62. The second kappa shape index (κ2) is 6.73. The molecule has 6 heteroatoms. The van der Waals surface area contributed by atoms with Crippen molar-refractivity contribution in [3.05, 3.63) is 22.8 Å². The lowest BCUT2D eigenvalue weighted by molar-refractivity contribution is 0.0582. The number of halogens is 1. The normalized spacial score (nSPS) is 15.6. The molecule has 0 aromatic carbocycles. The number of rotatable bonds is 5. The molecular weight excluding hydrogens is 266 g/mol. The minimum Gasteiger partial charge on any atom is -0.382 e. The van der Waals surface area contributed by atoms with Crippen molar-refractivity contribution in [3.63, 3.8) is 0 Å². The zero-order valence-electron chi connectivity index (χ0n) is 10.7.